The van der Waals surface area contributed by atoms with Crippen LogP contribution in [-0.2, 0) is 13.0 Å². The lowest BCUT2D eigenvalue weighted by Crippen LogP contribution is -2.22. The first-order chi connectivity index (χ1) is 9.81. The molecule has 0 radical (unpaired) electrons. The molecule has 1 unspecified atom stereocenters. The summed E-state index contributed by atoms with van der Waals surface area (Å²) >= 11 is 0. The van der Waals surface area contributed by atoms with Crippen LogP contribution in [0.15, 0.2) is 24.3 Å². The zero-order chi connectivity index (χ0) is 13.9. The van der Waals surface area contributed by atoms with Crippen molar-refractivity contribution in [3.05, 3.63) is 35.5 Å². The van der Waals surface area contributed by atoms with Crippen LogP contribution in [0.25, 0.3) is 10.9 Å². The smallest absolute Gasteiger partial charge is 0.0992 e. The molecule has 1 aliphatic rings. The van der Waals surface area contributed by atoms with Crippen LogP contribution in [0.1, 0.15) is 37.4 Å². The Morgan fingerprint density at radius 3 is 3.00 bits per heavy atom. The summed E-state index contributed by atoms with van der Waals surface area (Å²) in [5.74, 6) is 0. The summed E-state index contributed by atoms with van der Waals surface area (Å²) in [4.78, 5) is 0. The highest BCUT2D eigenvalue weighted by Gasteiger charge is 2.15. The summed E-state index contributed by atoms with van der Waals surface area (Å²) < 4.78 is 2.35. The molecular weight excluding hydrogens is 246 g/mol. The van der Waals surface area contributed by atoms with Crippen LogP contribution >= 0.6 is 0 Å². The van der Waals surface area contributed by atoms with E-state index in [0.717, 1.165) is 18.5 Å². The van der Waals surface area contributed by atoms with Gasteiger partial charge in [0, 0.05) is 23.8 Å². The molecule has 104 valence electrons. The Kier molecular flexibility index (Phi) is 3.75. The molecule has 1 aromatic carbocycles. The van der Waals surface area contributed by atoms with E-state index in [4.69, 9.17) is 5.26 Å². The second kappa shape index (κ2) is 5.68. The molecule has 0 bridgehead atoms. The third-order valence-electron chi connectivity index (χ3n) is 4.35. The van der Waals surface area contributed by atoms with Gasteiger partial charge in [-0.2, -0.15) is 5.26 Å². The highest BCUT2D eigenvalue weighted by Crippen LogP contribution is 2.23. The average Bonchev–Trinajstić information content (AvgIpc) is 3.11. The Hall–Kier alpha value is -1.79. The standard InChI is InChI=1S/C17H21N3/c1-2-20-16(8-7-15-4-3-9-19-15)11-14-6-5-13(12-18)10-17(14)20/h5-6,10-11,15,19H,2-4,7-9H2,1H3. The topological polar surface area (TPSA) is 40.8 Å². The number of fused-ring (bicyclic) bond motifs is 1. The van der Waals surface area contributed by atoms with Gasteiger partial charge in [-0.25, -0.2) is 0 Å². The first kappa shape index (κ1) is 13.2. The quantitative estimate of drug-likeness (QED) is 0.924. The normalized spacial score (nSPS) is 18.5. The summed E-state index contributed by atoms with van der Waals surface area (Å²) in [5, 5.41) is 13.9. The summed E-state index contributed by atoms with van der Waals surface area (Å²) in [7, 11) is 0. The first-order valence-electron chi connectivity index (χ1n) is 7.57. The summed E-state index contributed by atoms with van der Waals surface area (Å²) in [6.07, 6.45) is 4.95. The monoisotopic (exact) mass is 267 g/mol. The van der Waals surface area contributed by atoms with Gasteiger partial charge in [-0.05, 0) is 62.7 Å². The van der Waals surface area contributed by atoms with E-state index in [1.54, 1.807) is 0 Å². The molecule has 1 aliphatic heterocycles. The van der Waals surface area contributed by atoms with E-state index in [1.807, 2.05) is 12.1 Å². The van der Waals surface area contributed by atoms with Crippen LogP contribution in [-0.4, -0.2) is 17.2 Å². The molecule has 3 nitrogen and oxygen atoms in total. The SMILES string of the molecule is CCn1c(CCC2CCCN2)cc2ccc(C#N)cc21. The fraction of sp³-hybridized carbons (Fsp3) is 0.471. The second-order valence-corrected chi connectivity index (χ2v) is 5.60. The number of rotatable bonds is 4. The van der Waals surface area contributed by atoms with Crippen molar-refractivity contribution in [3.63, 3.8) is 0 Å². The minimum absolute atomic E-state index is 0.688. The lowest BCUT2D eigenvalue weighted by molar-refractivity contribution is 0.547. The van der Waals surface area contributed by atoms with Crippen LogP contribution in [0.4, 0.5) is 0 Å². The van der Waals surface area contributed by atoms with Gasteiger partial charge in [0.05, 0.1) is 11.6 Å². The fourth-order valence-corrected chi connectivity index (χ4v) is 3.29. The van der Waals surface area contributed by atoms with Crippen molar-refractivity contribution in [2.24, 2.45) is 0 Å². The number of benzene rings is 1. The molecular formula is C17H21N3. The van der Waals surface area contributed by atoms with Gasteiger partial charge in [-0.3, -0.25) is 0 Å². The third kappa shape index (κ3) is 2.44. The average molecular weight is 267 g/mol. The van der Waals surface area contributed by atoms with Gasteiger partial charge in [-0.1, -0.05) is 6.07 Å². The van der Waals surface area contributed by atoms with Crippen molar-refractivity contribution in [2.45, 2.75) is 45.2 Å². The molecule has 1 aromatic heterocycles. The molecule has 0 saturated carbocycles. The maximum absolute atomic E-state index is 9.05. The van der Waals surface area contributed by atoms with E-state index < -0.39 is 0 Å². The Bertz CT molecular complexity index is 642. The number of nitrogens with zero attached hydrogens (tertiary/aromatic N) is 2. The minimum Gasteiger partial charge on any atom is -0.345 e. The van der Waals surface area contributed by atoms with Gasteiger partial charge >= 0.3 is 0 Å². The molecule has 1 atom stereocenters. The van der Waals surface area contributed by atoms with Crippen LogP contribution in [0.5, 0.6) is 0 Å². The van der Waals surface area contributed by atoms with Crippen molar-refractivity contribution < 1.29 is 0 Å². The highest BCUT2D eigenvalue weighted by atomic mass is 15.0. The molecule has 1 N–H and O–H groups in total. The van der Waals surface area contributed by atoms with Crippen molar-refractivity contribution in [1.29, 1.82) is 5.26 Å². The number of hydrogen-bond donors (Lipinski definition) is 1. The van der Waals surface area contributed by atoms with Crippen LogP contribution in [0.2, 0.25) is 0 Å². The Morgan fingerprint density at radius 1 is 1.40 bits per heavy atom. The van der Waals surface area contributed by atoms with Crippen LogP contribution < -0.4 is 5.32 Å². The van der Waals surface area contributed by atoms with Crippen LogP contribution in [0, 0.1) is 11.3 Å². The van der Waals surface area contributed by atoms with Gasteiger partial charge in [-0.15, -0.1) is 0 Å². The Labute approximate surface area is 120 Å². The number of hydrogen-bond acceptors (Lipinski definition) is 2. The zero-order valence-corrected chi connectivity index (χ0v) is 12.0. The van der Waals surface area contributed by atoms with Gasteiger partial charge in [0.2, 0.25) is 0 Å². The predicted octanol–water partition coefficient (Wildman–Crippen LogP) is 3.22. The molecule has 1 saturated heterocycles. The zero-order valence-electron chi connectivity index (χ0n) is 12.0. The molecule has 0 aliphatic carbocycles. The minimum atomic E-state index is 0.688. The summed E-state index contributed by atoms with van der Waals surface area (Å²) in [6, 6.07) is 11.2. The van der Waals surface area contributed by atoms with Crippen LogP contribution in [0.3, 0.4) is 0 Å². The molecule has 2 heterocycles. The van der Waals surface area contributed by atoms with E-state index in [-0.39, 0.29) is 0 Å². The highest BCUT2D eigenvalue weighted by molar-refractivity contribution is 5.82. The van der Waals surface area contributed by atoms with Gasteiger partial charge in [0.25, 0.3) is 0 Å². The molecule has 1 fully saturated rings. The second-order valence-electron chi connectivity index (χ2n) is 5.60. The Balaban J connectivity index is 1.87. The molecule has 0 amide bonds. The van der Waals surface area contributed by atoms with E-state index in [1.165, 1.54) is 42.4 Å². The van der Waals surface area contributed by atoms with E-state index in [2.05, 4.69) is 35.0 Å². The van der Waals surface area contributed by atoms with E-state index in [0.29, 0.717) is 6.04 Å². The lowest BCUT2D eigenvalue weighted by atomic mass is 10.1. The number of aromatic nitrogens is 1. The number of aryl methyl sites for hydroxylation is 2. The van der Waals surface area contributed by atoms with Gasteiger partial charge < -0.3 is 9.88 Å². The molecule has 0 spiro atoms. The molecule has 20 heavy (non-hydrogen) atoms. The van der Waals surface area contributed by atoms with Crippen molar-refractivity contribution in [2.75, 3.05) is 6.54 Å². The maximum Gasteiger partial charge on any atom is 0.0992 e. The van der Waals surface area contributed by atoms with E-state index in [9.17, 15) is 0 Å². The summed E-state index contributed by atoms with van der Waals surface area (Å²) in [5.41, 5.74) is 3.33. The molecule has 2 aromatic rings. The van der Waals surface area contributed by atoms with Crippen molar-refractivity contribution in [1.82, 2.24) is 9.88 Å². The van der Waals surface area contributed by atoms with Gasteiger partial charge in [0.1, 0.15) is 0 Å². The molecule has 3 heteroatoms. The fourth-order valence-electron chi connectivity index (χ4n) is 3.29. The largest absolute Gasteiger partial charge is 0.345 e. The van der Waals surface area contributed by atoms with E-state index >= 15 is 0 Å². The Morgan fingerprint density at radius 2 is 2.30 bits per heavy atom. The third-order valence-corrected chi connectivity index (χ3v) is 4.35. The predicted molar refractivity (Wildman–Crippen MR) is 81.7 cm³/mol. The summed E-state index contributed by atoms with van der Waals surface area (Å²) in [6.45, 7) is 4.31. The van der Waals surface area contributed by atoms with Crippen molar-refractivity contribution in [3.8, 4) is 6.07 Å². The number of nitriles is 1. The lowest BCUT2D eigenvalue weighted by Gasteiger charge is -2.12. The first-order valence-corrected chi connectivity index (χ1v) is 7.57. The van der Waals surface area contributed by atoms with Crippen molar-refractivity contribution >= 4 is 10.9 Å². The number of nitrogens with one attached hydrogen (secondary N) is 1. The maximum atomic E-state index is 9.05. The van der Waals surface area contributed by atoms with Gasteiger partial charge in [0.15, 0.2) is 0 Å². The molecule has 3 rings (SSSR count).